The fraction of sp³-hybridized carbons (Fsp3) is 0.357. The van der Waals surface area contributed by atoms with Crippen molar-refractivity contribution < 1.29 is 19.5 Å². The molecule has 0 aromatic heterocycles. The van der Waals surface area contributed by atoms with E-state index in [2.05, 4.69) is 5.32 Å². The van der Waals surface area contributed by atoms with E-state index in [0.717, 1.165) is 10.5 Å². The Bertz CT molecular complexity index is 515. The standard InChI is InChI=1S/C14H16N2O4/c17-12(18)7-6-11-13(19)16(14(20)15-11)9-8-10-4-2-1-3-5-10/h1-5,11H,6-9H2,(H,15,20)(H,17,18)/t11-/m1/s1. The lowest BCUT2D eigenvalue weighted by atomic mass is 10.1. The molecule has 0 radical (unpaired) electrons. The predicted octanol–water partition coefficient (Wildman–Crippen LogP) is 1.01. The Morgan fingerprint density at radius 2 is 1.95 bits per heavy atom. The number of aliphatic carboxylic acids is 1. The number of carboxylic acid groups (broad SMARTS) is 1. The van der Waals surface area contributed by atoms with E-state index in [9.17, 15) is 14.4 Å². The number of urea groups is 1. The van der Waals surface area contributed by atoms with Gasteiger partial charge in [0.25, 0.3) is 5.91 Å². The number of carboxylic acids is 1. The van der Waals surface area contributed by atoms with E-state index in [-0.39, 0.29) is 18.7 Å². The number of hydrogen-bond acceptors (Lipinski definition) is 3. The number of nitrogens with one attached hydrogen (secondary N) is 1. The molecule has 20 heavy (non-hydrogen) atoms. The van der Waals surface area contributed by atoms with Crippen LogP contribution in [-0.4, -0.2) is 40.5 Å². The monoisotopic (exact) mass is 276 g/mol. The molecule has 0 unspecified atom stereocenters. The van der Waals surface area contributed by atoms with Crippen LogP contribution in [0.1, 0.15) is 18.4 Å². The fourth-order valence-corrected chi connectivity index (χ4v) is 2.14. The van der Waals surface area contributed by atoms with Gasteiger partial charge in [0.15, 0.2) is 0 Å². The summed E-state index contributed by atoms with van der Waals surface area (Å²) in [6, 6.07) is 8.41. The number of carbonyl (C=O) groups excluding carboxylic acids is 2. The van der Waals surface area contributed by atoms with Crippen molar-refractivity contribution >= 4 is 17.9 Å². The van der Waals surface area contributed by atoms with Gasteiger partial charge in [-0.1, -0.05) is 30.3 Å². The van der Waals surface area contributed by atoms with Crippen LogP contribution in [0.5, 0.6) is 0 Å². The first-order valence-electron chi connectivity index (χ1n) is 6.45. The third kappa shape index (κ3) is 3.34. The van der Waals surface area contributed by atoms with Gasteiger partial charge in [0.05, 0.1) is 0 Å². The molecule has 1 aliphatic rings. The van der Waals surface area contributed by atoms with Crippen LogP contribution < -0.4 is 5.32 Å². The first-order chi connectivity index (χ1) is 9.58. The van der Waals surface area contributed by atoms with E-state index < -0.39 is 18.0 Å². The molecule has 0 spiro atoms. The molecule has 6 nitrogen and oxygen atoms in total. The molecule has 1 aromatic rings. The first kappa shape index (κ1) is 14.0. The van der Waals surface area contributed by atoms with Crippen LogP contribution >= 0.6 is 0 Å². The Labute approximate surface area is 116 Å². The van der Waals surface area contributed by atoms with Crippen molar-refractivity contribution in [2.24, 2.45) is 0 Å². The first-order valence-corrected chi connectivity index (χ1v) is 6.45. The molecule has 1 atom stereocenters. The predicted molar refractivity (Wildman–Crippen MR) is 71.0 cm³/mol. The zero-order chi connectivity index (χ0) is 14.5. The summed E-state index contributed by atoms with van der Waals surface area (Å²) in [4.78, 5) is 35.4. The average molecular weight is 276 g/mol. The van der Waals surface area contributed by atoms with Gasteiger partial charge in [-0.3, -0.25) is 14.5 Å². The van der Waals surface area contributed by atoms with Gasteiger partial charge in [-0.25, -0.2) is 4.79 Å². The summed E-state index contributed by atoms with van der Waals surface area (Å²) in [7, 11) is 0. The van der Waals surface area contributed by atoms with Crippen LogP contribution in [0.3, 0.4) is 0 Å². The molecule has 1 fully saturated rings. The highest BCUT2D eigenvalue weighted by atomic mass is 16.4. The Balaban J connectivity index is 1.90. The number of carbonyl (C=O) groups is 3. The summed E-state index contributed by atoms with van der Waals surface area (Å²) in [5, 5.41) is 11.1. The molecular formula is C14H16N2O4. The molecule has 1 saturated heterocycles. The van der Waals surface area contributed by atoms with E-state index in [0.29, 0.717) is 13.0 Å². The van der Waals surface area contributed by atoms with Crippen molar-refractivity contribution in [1.82, 2.24) is 10.2 Å². The van der Waals surface area contributed by atoms with Crippen LogP contribution in [0.25, 0.3) is 0 Å². The second kappa shape index (κ2) is 6.18. The van der Waals surface area contributed by atoms with Gasteiger partial charge in [-0.2, -0.15) is 0 Å². The minimum Gasteiger partial charge on any atom is -0.481 e. The lowest BCUT2D eigenvalue weighted by molar-refractivity contribution is -0.137. The number of nitrogens with zero attached hydrogens (tertiary/aromatic N) is 1. The highest BCUT2D eigenvalue weighted by molar-refractivity contribution is 6.04. The molecule has 0 aliphatic carbocycles. The summed E-state index contributed by atoms with van der Waals surface area (Å²) in [6.45, 7) is 0.304. The minimum absolute atomic E-state index is 0.127. The van der Waals surface area contributed by atoms with Crippen molar-refractivity contribution in [3.8, 4) is 0 Å². The molecule has 1 aromatic carbocycles. The molecule has 3 amide bonds. The largest absolute Gasteiger partial charge is 0.481 e. The maximum Gasteiger partial charge on any atom is 0.324 e. The van der Waals surface area contributed by atoms with Gasteiger partial charge in [-0.05, 0) is 18.4 Å². The van der Waals surface area contributed by atoms with Gasteiger partial charge < -0.3 is 10.4 Å². The molecule has 0 bridgehead atoms. The molecule has 2 N–H and O–H groups in total. The average Bonchev–Trinajstić information content (AvgIpc) is 2.70. The highest BCUT2D eigenvalue weighted by Gasteiger charge is 2.37. The van der Waals surface area contributed by atoms with Gasteiger partial charge in [0, 0.05) is 13.0 Å². The van der Waals surface area contributed by atoms with Crippen molar-refractivity contribution in [2.75, 3.05) is 6.54 Å². The van der Waals surface area contributed by atoms with Crippen molar-refractivity contribution in [1.29, 1.82) is 0 Å². The Morgan fingerprint density at radius 1 is 1.25 bits per heavy atom. The Kier molecular flexibility index (Phi) is 4.34. The summed E-state index contributed by atoms with van der Waals surface area (Å²) in [5.41, 5.74) is 1.04. The van der Waals surface area contributed by atoms with E-state index in [1.807, 2.05) is 30.3 Å². The smallest absolute Gasteiger partial charge is 0.324 e. The number of rotatable bonds is 6. The number of imide groups is 1. The third-order valence-electron chi connectivity index (χ3n) is 3.22. The summed E-state index contributed by atoms with van der Waals surface area (Å²) >= 11 is 0. The molecule has 106 valence electrons. The van der Waals surface area contributed by atoms with Crippen LogP contribution in [-0.2, 0) is 16.0 Å². The van der Waals surface area contributed by atoms with Crippen LogP contribution in [0.15, 0.2) is 30.3 Å². The number of hydrogen-bond donors (Lipinski definition) is 2. The zero-order valence-corrected chi connectivity index (χ0v) is 10.9. The maximum absolute atomic E-state index is 12.0. The van der Waals surface area contributed by atoms with Crippen LogP contribution in [0.4, 0.5) is 4.79 Å². The lowest BCUT2D eigenvalue weighted by Gasteiger charge is -2.12. The molecule has 2 rings (SSSR count). The Morgan fingerprint density at radius 3 is 2.60 bits per heavy atom. The Hall–Kier alpha value is -2.37. The summed E-state index contributed by atoms with van der Waals surface area (Å²) in [6.07, 6.45) is 0.580. The normalized spacial score (nSPS) is 18.2. The molecule has 1 heterocycles. The molecule has 0 saturated carbocycles. The quantitative estimate of drug-likeness (QED) is 0.759. The summed E-state index contributed by atoms with van der Waals surface area (Å²) < 4.78 is 0. The number of benzene rings is 1. The second-order valence-corrected chi connectivity index (χ2v) is 4.66. The van der Waals surface area contributed by atoms with E-state index in [4.69, 9.17) is 5.11 Å². The van der Waals surface area contributed by atoms with Crippen molar-refractivity contribution in [2.45, 2.75) is 25.3 Å². The second-order valence-electron chi connectivity index (χ2n) is 4.66. The van der Waals surface area contributed by atoms with Crippen molar-refractivity contribution in [3.63, 3.8) is 0 Å². The SMILES string of the molecule is O=C(O)CC[C@H]1NC(=O)N(CCc2ccccc2)C1=O. The zero-order valence-electron chi connectivity index (χ0n) is 10.9. The topological polar surface area (TPSA) is 86.7 Å². The van der Waals surface area contributed by atoms with Crippen LogP contribution in [0.2, 0.25) is 0 Å². The van der Waals surface area contributed by atoms with Gasteiger partial charge in [-0.15, -0.1) is 0 Å². The van der Waals surface area contributed by atoms with Gasteiger partial charge in [0.2, 0.25) is 0 Å². The minimum atomic E-state index is -0.977. The lowest BCUT2D eigenvalue weighted by Crippen LogP contribution is -2.33. The molecule has 6 heteroatoms. The highest BCUT2D eigenvalue weighted by Crippen LogP contribution is 2.12. The van der Waals surface area contributed by atoms with Gasteiger partial charge in [0.1, 0.15) is 6.04 Å². The number of amides is 3. The fourth-order valence-electron chi connectivity index (χ4n) is 2.14. The van der Waals surface area contributed by atoms with E-state index in [1.165, 1.54) is 0 Å². The van der Waals surface area contributed by atoms with Gasteiger partial charge >= 0.3 is 12.0 Å². The maximum atomic E-state index is 12.0. The summed E-state index contributed by atoms with van der Waals surface area (Å²) in [5.74, 6) is -1.32. The van der Waals surface area contributed by atoms with Crippen molar-refractivity contribution in [3.05, 3.63) is 35.9 Å². The molecular weight excluding hydrogens is 260 g/mol. The van der Waals surface area contributed by atoms with E-state index >= 15 is 0 Å². The molecule has 1 aliphatic heterocycles. The van der Waals surface area contributed by atoms with Crippen LogP contribution in [0, 0.1) is 0 Å². The van der Waals surface area contributed by atoms with E-state index in [1.54, 1.807) is 0 Å². The third-order valence-corrected chi connectivity index (χ3v) is 3.22.